The van der Waals surface area contributed by atoms with Gasteiger partial charge in [0.1, 0.15) is 0 Å². The molecule has 2 aromatic rings. The smallest absolute Gasteiger partial charge is 0.253 e. The molecule has 0 saturated heterocycles. The molecule has 112 valence electrons. The summed E-state index contributed by atoms with van der Waals surface area (Å²) in [5, 5.41) is 4.10. The summed E-state index contributed by atoms with van der Waals surface area (Å²) in [6.45, 7) is 4.52. The molecule has 1 aromatic carbocycles. The van der Waals surface area contributed by atoms with Crippen molar-refractivity contribution in [2.75, 3.05) is 5.73 Å². The molecule has 1 aliphatic rings. The number of fused-ring (bicyclic) bond motifs is 1. The Balaban J connectivity index is 1.79. The van der Waals surface area contributed by atoms with E-state index in [0.29, 0.717) is 17.2 Å². The van der Waals surface area contributed by atoms with E-state index in [2.05, 4.69) is 24.1 Å². The number of nitrogen functional groups attached to an aromatic ring is 1. The van der Waals surface area contributed by atoms with E-state index in [1.807, 2.05) is 18.2 Å². The van der Waals surface area contributed by atoms with Gasteiger partial charge in [0.25, 0.3) is 5.91 Å². The van der Waals surface area contributed by atoms with E-state index < -0.39 is 0 Å². The largest absolute Gasteiger partial charge is 0.399 e. The molecule has 0 bridgehead atoms. The number of benzene rings is 1. The van der Waals surface area contributed by atoms with E-state index in [1.54, 1.807) is 6.20 Å². The predicted octanol–water partition coefficient (Wildman–Crippen LogP) is 3.30. The van der Waals surface area contributed by atoms with Crippen LogP contribution in [0.4, 0.5) is 5.69 Å². The van der Waals surface area contributed by atoms with Crippen LogP contribution < -0.4 is 11.1 Å². The van der Waals surface area contributed by atoms with Crippen molar-refractivity contribution in [3.05, 3.63) is 30.0 Å². The number of carbonyl (C=O) groups excluding carboxylic acids is 1. The summed E-state index contributed by atoms with van der Waals surface area (Å²) in [6, 6.07) is 5.88. The Kier molecular flexibility index (Phi) is 3.62. The normalized spacial score (nSPS) is 25.9. The van der Waals surface area contributed by atoms with Crippen LogP contribution in [0, 0.1) is 11.8 Å². The summed E-state index contributed by atoms with van der Waals surface area (Å²) in [7, 11) is 0. The lowest BCUT2D eigenvalue weighted by Crippen LogP contribution is -2.42. The van der Waals surface area contributed by atoms with E-state index >= 15 is 0 Å². The molecule has 0 spiro atoms. The van der Waals surface area contributed by atoms with Gasteiger partial charge in [-0.05, 0) is 49.3 Å². The second-order valence-corrected chi connectivity index (χ2v) is 6.48. The van der Waals surface area contributed by atoms with Gasteiger partial charge >= 0.3 is 0 Å². The number of anilines is 1. The number of aromatic amines is 1. The van der Waals surface area contributed by atoms with E-state index in [9.17, 15) is 4.79 Å². The first-order valence-electron chi connectivity index (χ1n) is 7.72. The van der Waals surface area contributed by atoms with Crippen molar-refractivity contribution in [2.45, 2.75) is 39.2 Å². The molecule has 1 fully saturated rings. The van der Waals surface area contributed by atoms with Crippen molar-refractivity contribution in [1.29, 1.82) is 0 Å². The van der Waals surface area contributed by atoms with Crippen molar-refractivity contribution >= 4 is 22.5 Å². The number of hydrogen-bond donors (Lipinski definition) is 3. The summed E-state index contributed by atoms with van der Waals surface area (Å²) in [5.41, 5.74) is 8.13. The number of nitrogens with two attached hydrogens (primary N) is 1. The van der Waals surface area contributed by atoms with Crippen LogP contribution in [0.25, 0.3) is 10.9 Å². The Morgan fingerprint density at radius 3 is 2.90 bits per heavy atom. The van der Waals surface area contributed by atoms with Crippen LogP contribution in [0.3, 0.4) is 0 Å². The fourth-order valence-corrected chi connectivity index (χ4v) is 3.45. The quantitative estimate of drug-likeness (QED) is 0.741. The van der Waals surface area contributed by atoms with Gasteiger partial charge in [-0.1, -0.05) is 13.8 Å². The van der Waals surface area contributed by atoms with E-state index in [4.69, 9.17) is 5.73 Å². The van der Waals surface area contributed by atoms with Crippen molar-refractivity contribution in [2.24, 2.45) is 11.8 Å². The fourth-order valence-electron chi connectivity index (χ4n) is 3.45. The highest BCUT2D eigenvalue weighted by atomic mass is 16.1. The third-order valence-electron chi connectivity index (χ3n) is 4.70. The first-order chi connectivity index (χ1) is 10.0. The highest BCUT2D eigenvalue weighted by molar-refractivity contribution is 6.07. The zero-order valence-electron chi connectivity index (χ0n) is 12.6. The van der Waals surface area contributed by atoms with Gasteiger partial charge in [-0.2, -0.15) is 0 Å². The zero-order valence-corrected chi connectivity index (χ0v) is 12.6. The third-order valence-corrected chi connectivity index (χ3v) is 4.70. The lowest BCUT2D eigenvalue weighted by molar-refractivity contribution is 0.0901. The van der Waals surface area contributed by atoms with Crippen LogP contribution in [0.15, 0.2) is 24.4 Å². The van der Waals surface area contributed by atoms with E-state index in [1.165, 1.54) is 12.8 Å². The minimum absolute atomic E-state index is 0.00162. The van der Waals surface area contributed by atoms with Crippen LogP contribution in [0.5, 0.6) is 0 Å². The Morgan fingerprint density at radius 1 is 1.33 bits per heavy atom. The monoisotopic (exact) mass is 285 g/mol. The molecule has 3 unspecified atom stereocenters. The van der Waals surface area contributed by atoms with Crippen LogP contribution >= 0.6 is 0 Å². The van der Waals surface area contributed by atoms with Crippen molar-refractivity contribution in [3.8, 4) is 0 Å². The molecule has 4 N–H and O–H groups in total. The van der Waals surface area contributed by atoms with Gasteiger partial charge in [0.15, 0.2) is 0 Å². The van der Waals surface area contributed by atoms with Crippen LogP contribution in [-0.4, -0.2) is 16.9 Å². The molecule has 4 nitrogen and oxygen atoms in total. The lowest BCUT2D eigenvalue weighted by atomic mass is 9.80. The van der Waals surface area contributed by atoms with Crippen molar-refractivity contribution in [1.82, 2.24) is 10.3 Å². The Morgan fingerprint density at radius 2 is 2.14 bits per heavy atom. The molecular weight excluding hydrogens is 262 g/mol. The molecule has 4 heteroatoms. The number of amides is 1. The molecular formula is C17H23N3O. The molecule has 1 heterocycles. The number of rotatable bonds is 2. The molecule has 1 amide bonds. The molecule has 0 radical (unpaired) electrons. The predicted molar refractivity (Wildman–Crippen MR) is 86.1 cm³/mol. The Bertz CT molecular complexity index is 661. The topological polar surface area (TPSA) is 70.9 Å². The van der Waals surface area contributed by atoms with Crippen molar-refractivity contribution in [3.63, 3.8) is 0 Å². The minimum atomic E-state index is -0.00162. The molecule has 3 atom stereocenters. The Labute approximate surface area is 125 Å². The number of hydrogen-bond acceptors (Lipinski definition) is 2. The molecule has 1 saturated carbocycles. The van der Waals surface area contributed by atoms with Crippen molar-refractivity contribution < 1.29 is 4.79 Å². The maximum Gasteiger partial charge on any atom is 0.253 e. The summed E-state index contributed by atoms with van der Waals surface area (Å²) in [4.78, 5) is 15.7. The van der Waals surface area contributed by atoms with E-state index in [0.717, 1.165) is 23.2 Å². The van der Waals surface area contributed by atoms with E-state index in [-0.39, 0.29) is 11.9 Å². The average molecular weight is 285 g/mol. The van der Waals surface area contributed by atoms with Gasteiger partial charge in [0.05, 0.1) is 5.56 Å². The third kappa shape index (κ3) is 2.75. The second-order valence-electron chi connectivity index (χ2n) is 6.48. The van der Waals surface area contributed by atoms with Gasteiger partial charge in [0.2, 0.25) is 0 Å². The summed E-state index contributed by atoms with van der Waals surface area (Å²) < 4.78 is 0. The first kappa shape index (κ1) is 14.0. The van der Waals surface area contributed by atoms with Gasteiger partial charge in [-0.25, -0.2) is 0 Å². The van der Waals surface area contributed by atoms with Crippen LogP contribution in [-0.2, 0) is 0 Å². The minimum Gasteiger partial charge on any atom is -0.399 e. The summed E-state index contributed by atoms with van der Waals surface area (Å²) in [6.07, 6.45) is 5.22. The number of carbonyl (C=O) groups is 1. The highest BCUT2D eigenvalue weighted by Gasteiger charge is 2.27. The highest BCUT2D eigenvalue weighted by Crippen LogP contribution is 2.29. The molecule has 3 rings (SSSR count). The zero-order chi connectivity index (χ0) is 15.0. The van der Waals surface area contributed by atoms with Gasteiger partial charge in [-0.15, -0.1) is 0 Å². The number of aromatic nitrogens is 1. The SMILES string of the molecule is CC1CCC(NC(=O)c2c[nH]c3ccc(N)cc23)C(C)C1. The number of H-pyrrole nitrogens is 1. The van der Waals surface area contributed by atoms with Gasteiger partial charge < -0.3 is 16.0 Å². The summed E-state index contributed by atoms with van der Waals surface area (Å²) in [5.74, 6) is 1.30. The molecule has 0 aliphatic heterocycles. The average Bonchev–Trinajstić information content (AvgIpc) is 2.85. The van der Waals surface area contributed by atoms with Crippen LogP contribution in [0.1, 0.15) is 43.5 Å². The van der Waals surface area contributed by atoms with Gasteiger partial charge in [-0.3, -0.25) is 4.79 Å². The standard InChI is InChI=1S/C17H23N3O/c1-10-3-5-15(11(2)7-10)20-17(21)14-9-19-16-6-4-12(18)8-13(14)16/h4,6,8-11,15,19H,3,5,7,18H2,1-2H3,(H,20,21). The van der Waals surface area contributed by atoms with Crippen LogP contribution in [0.2, 0.25) is 0 Å². The summed E-state index contributed by atoms with van der Waals surface area (Å²) >= 11 is 0. The first-order valence-corrected chi connectivity index (χ1v) is 7.72. The van der Waals surface area contributed by atoms with Gasteiger partial charge in [0, 0.05) is 28.8 Å². The lowest BCUT2D eigenvalue weighted by Gasteiger charge is -2.33. The molecule has 21 heavy (non-hydrogen) atoms. The molecule has 1 aliphatic carbocycles. The second kappa shape index (κ2) is 5.43. The maximum atomic E-state index is 12.6. The fraction of sp³-hybridized carbons (Fsp3) is 0.471. The Hall–Kier alpha value is -1.97. The number of nitrogens with one attached hydrogen (secondary N) is 2. The molecule has 1 aromatic heterocycles. The maximum absolute atomic E-state index is 12.6.